The van der Waals surface area contributed by atoms with Crippen molar-refractivity contribution in [3.8, 4) is 11.5 Å². The number of esters is 1. The van der Waals surface area contributed by atoms with Crippen LogP contribution in [0.5, 0.6) is 11.5 Å². The molecule has 1 N–H and O–H groups in total. The quantitative estimate of drug-likeness (QED) is 0.378. The molecule has 1 aromatic heterocycles. The first-order chi connectivity index (χ1) is 15.0. The van der Waals surface area contributed by atoms with Crippen molar-refractivity contribution in [1.82, 2.24) is 9.97 Å². The second-order valence-corrected chi connectivity index (χ2v) is 6.83. The number of hydrogen-bond acceptors (Lipinski definition) is 10. The summed E-state index contributed by atoms with van der Waals surface area (Å²) in [7, 11) is 3.02. The van der Waals surface area contributed by atoms with Gasteiger partial charge < -0.3 is 24.4 Å². The number of carbonyl (C=O) groups excluding carboxylic acids is 1. The Labute approximate surface area is 179 Å². The first-order valence-corrected chi connectivity index (χ1v) is 9.91. The van der Waals surface area contributed by atoms with Crippen molar-refractivity contribution in [1.29, 1.82) is 0 Å². The van der Waals surface area contributed by atoms with Gasteiger partial charge in [0.15, 0.2) is 0 Å². The van der Waals surface area contributed by atoms with Crippen LogP contribution in [0.25, 0.3) is 0 Å². The van der Waals surface area contributed by atoms with Crippen molar-refractivity contribution < 1.29 is 23.9 Å². The molecular weight excluding hydrogens is 406 g/mol. The lowest BCUT2D eigenvalue weighted by Crippen LogP contribution is -2.46. The van der Waals surface area contributed by atoms with E-state index in [-0.39, 0.29) is 23.9 Å². The predicted octanol–water partition coefficient (Wildman–Crippen LogP) is 3.07. The van der Waals surface area contributed by atoms with E-state index in [1.165, 1.54) is 20.5 Å². The van der Waals surface area contributed by atoms with E-state index in [1.54, 1.807) is 30.0 Å². The maximum Gasteiger partial charge on any atom is 0.353 e. The molecule has 31 heavy (non-hydrogen) atoms. The summed E-state index contributed by atoms with van der Waals surface area (Å²) in [5, 5.41) is 15.0. The number of hydrogen-bond donors (Lipinski definition) is 1. The van der Waals surface area contributed by atoms with Gasteiger partial charge in [0.1, 0.15) is 23.9 Å². The number of carbonyl (C=O) groups is 1. The summed E-state index contributed by atoms with van der Waals surface area (Å²) in [4.78, 5) is 33.8. The number of nitro groups is 1. The van der Waals surface area contributed by atoms with E-state index in [1.807, 2.05) is 0 Å². The third-order valence-electron chi connectivity index (χ3n) is 4.93. The third-order valence-corrected chi connectivity index (χ3v) is 4.93. The van der Waals surface area contributed by atoms with Crippen molar-refractivity contribution >= 4 is 29.0 Å². The maximum absolute atomic E-state index is 12.5. The summed E-state index contributed by atoms with van der Waals surface area (Å²) in [6.07, 6.45) is 3.38. The van der Waals surface area contributed by atoms with E-state index in [2.05, 4.69) is 15.3 Å². The van der Waals surface area contributed by atoms with E-state index >= 15 is 0 Å². The average Bonchev–Trinajstić information content (AvgIpc) is 2.78. The molecule has 166 valence electrons. The highest BCUT2D eigenvalue weighted by molar-refractivity contribution is 5.83. The molecule has 11 heteroatoms. The van der Waals surface area contributed by atoms with Crippen molar-refractivity contribution in [3.05, 3.63) is 34.6 Å². The Morgan fingerprint density at radius 3 is 2.55 bits per heavy atom. The molecule has 0 bridgehead atoms. The molecule has 1 unspecified atom stereocenters. The summed E-state index contributed by atoms with van der Waals surface area (Å²) < 4.78 is 15.7. The molecule has 0 amide bonds. The first-order valence-electron chi connectivity index (χ1n) is 9.91. The zero-order chi connectivity index (χ0) is 22.4. The number of ether oxygens (including phenoxy) is 3. The van der Waals surface area contributed by atoms with Gasteiger partial charge in [-0.05, 0) is 26.2 Å². The molecule has 1 atom stereocenters. The second-order valence-electron chi connectivity index (χ2n) is 6.83. The molecule has 1 aliphatic rings. The van der Waals surface area contributed by atoms with Gasteiger partial charge in [0.2, 0.25) is 11.6 Å². The van der Waals surface area contributed by atoms with Crippen LogP contribution in [0.1, 0.15) is 26.2 Å². The Balaban J connectivity index is 2.02. The third kappa shape index (κ3) is 4.93. The molecule has 2 heterocycles. The minimum Gasteiger partial charge on any atom is -0.497 e. The van der Waals surface area contributed by atoms with Crippen LogP contribution in [0, 0.1) is 10.1 Å². The zero-order valence-electron chi connectivity index (χ0n) is 17.7. The van der Waals surface area contributed by atoms with Crippen molar-refractivity contribution in [2.24, 2.45) is 0 Å². The molecule has 0 aliphatic carbocycles. The van der Waals surface area contributed by atoms with Crippen LogP contribution in [0.15, 0.2) is 24.5 Å². The van der Waals surface area contributed by atoms with Crippen LogP contribution in [0.2, 0.25) is 0 Å². The van der Waals surface area contributed by atoms with Crippen LogP contribution >= 0.6 is 0 Å². The monoisotopic (exact) mass is 431 g/mol. The van der Waals surface area contributed by atoms with Gasteiger partial charge >= 0.3 is 11.7 Å². The molecule has 0 saturated carbocycles. The number of piperidine rings is 1. The molecule has 1 saturated heterocycles. The number of nitrogens with one attached hydrogen (secondary N) is 1. The molecule has 3 rings (SSSR count). The van der Waals surface area contributed by atoms with Crippen LogP contribution in [-0.4, -0.2) is 54.3 Å². The van der Waals surface area contributed by atoms with Gasteiger partial charge in [0.05, 0.1) is 25.7 Å². The molecule has 1 fully saturated rings. The van der Waals surface area contributed by atoms with Crippen molar-refractivity contribution in [2.45, 2.75) is 32.2 Å². The zero-order valence-corrected chi connectivity index (χ0v) is 17.7. The predicted molar refractivity (Wildman–Crippen MR) is 113 cm³/mol. The largest absolute Gasteiger partial charge is 0.497 e. The highest BCUT2D eigenvalue weighted by Gasteiger charge is 2.36. The lowest BCUT2D eigenvalue weighted by atomic mass is 10.0. The van der Waals surface area contributed by atoms with E-state index in [0.717, 1.165) is 12.8 Å². The topological polar surface area (TPSA) is 129 Å². The first kappa shape index (κ1) is 22.1. The number of benzene rings is 1. The molecular formula is C20H25N5O6. The second kappa shape index (κ2) is 9.92. The van der Waals surface area contributed by atoms with Crippen LogP contribution in [-0.2, 0) is 9.53 Å². The molecule has 1 aliphatic heterocycles. The highest BCUT2D eigenvalue weighted by Crippen LogP contribution is 2.37. The Morgan fingerprint density at radius 1 is 1.23 bits per heavy atom. The summed E-state index contributed by atoms with van der Waals surface area (Å²) in [5.74, 6) is 0.685. The Hall–Kier alpha value is -3.63. The Kier molecular flexibility index (Phi) is 7.06. The molecule has 11 nitrogen and oxygen atoms in total. The Bertz CT molecular complexity index is 931. The fourth-order valence-corrected chi connectivity index (χ4v) is 3.52. The summed E-state index contributed by atoms with van der Waals surface area (Å²) >= 11 is 0. The lowest BCUT2D eigenvalue weighted by Gasteiger charge is -2.34. The number of rotatable bonds is 8. The van der Waals surface area contributed by atoms with E-state index in [9.17, 15) is 14.9 Å². The minimum atomic E-state index is -0.632. The standard InChI is InChI=1S/C20H25N5O6/c1-4-31-20(26)16-7-5-6-8-24(16)19-17(25(27)28)18(21-12-22-19)23-13-9-14(29-2)11-15(10-13)30-3/h9-12,16H,4-8H2,1-3H3,(H,21,22,23). The normalized spacial score (nSPS) is 15.8. The SMILES string of the molecule is CCOC(=O)C1CCCCN1c1ncnc(Nc2cc(OC)cc(OC)c2)c1[N+](=O)[O-]. The van der Waals surface area contributed by atoms with Crippen molar-refractivity contribution in [3.63, 3.8) is 0 Å². The van der Waals surface area contributed by atoms with E-state index in [0.29, 0.717) is 30.2 Å². The number of aromatic nitrogens is 2. The summed E-state index contributed by atoms with van der Waals surface area (Å²) in [5.41, 5.74) is 0.171. The van der Waals surface area contributed by atoms with Gasteiger partial charge in [0, 0.05) is 30.4 Å². The number of methoxy groups -OCH3 is 2. The van der Waals surface area contributed by atoms with E-state index < -0.39 is 16.9 Å². The summed E-state index contributed by atoms with van der Waals surface area (Å²) in [6, 6.07) is 4.38. The minimum absolute atomic E-state index is 0.00140. The van der Waals surface area contributed by atoms with Crippen LogP contribution < -0.4 is 19.7 Å². The fourth-order valence-electron chi connectivity index (χ4n) is 3.52. The van der Waals surface area contributed by atoms with Crippen LogP contribution in [0.4, 0.5) is 23.0 Å². The smallest absolute Gasteiger partial charge is 0.353 e. The van der Waals surface area contributed by atoms with Gasteiger partial charge in [-0.3, -0.25) is 10.1 Å². The lowest BCUT2D eigenvalue weighted by molar-refractivity contribution is -0.383. The Morgan fingerprint density at radius 2 is 1.94 bits per heavy atom. The van der Waals surface area contributed by atoms with Gasteiger partial charge in [-0.15, -0.1) is 0 Å². The van der Waals surface area contributed by atoms with Gasteiger partial charge in [-0.1, -0.05) is 0 Å². The van der Waals surface area contributed by atoms with E-state index in [4.69, 9.17) is 14.2 Å². The van der Waals surface area contributed by atoms with Gasteiger partial charge in [-0.25, -0.2) is 14.8 Å². The van der Waals surface area contributed by atoms with Crippen LogP contribution in [0.3, 0.4) is 0 Å². The molecule has 1 aromatic carbocycles. The maximum atomic E-state index is 12.5. The molecule has 0 radical (unpaired) electrons. The average molecular weight is 431 g/mol. The van der Waals surface area contributed by atoms with Crippen molar-refractivity contribution in [2.75, 3.05) is 37.6 Å². The number of nitrogens with zero attached hydrogens (tertiary/aromatic N) is 4. The summed E-state index contributed by atoms with van der Waals surface area (Å²) in [6.45, 7) is 2.41. The number of anilines is 3. The molecule has 0 spiro atoms. The fraction of sp³-hybridized carbons (Fsp3) is 0.450. The molecule has 2 aromatic rings. The van der Waals surface area contributed by atoms with Gasteiger partial charge in [0.25, 0.3) is 0 Å². The van der Waals surface area contributed by atoms with Gasteiger partial charge in [-0.2, -0.15) is 0 Å². The highest BCUT2D eigenvalue weighted by atomic mass is 16.6.